The molecule has 0 saturated carbocycles. The van der Waals surface area contributed by atoms with Gasteiger partial charge in [0, 0.05) is 6.20 Å². The van der Waals surface area contributed by atoms with Crippen molar-refractivity contribution < 1.29 is 0 Å². The van der Waals surface area contributed by atoms with Crippen LogP contribution < -0.4 is 5.73 Å². The van der Waals surface area contributed by atoms with Crippen molar-refractivity contribution in [1.29, 1.82) is 5.26 Å². The smallest absolute Gasteiger partial charge is 0.128 e. The molecule has 60 valence electrons. The van der Waals surface area contributed by atoms with Gasteiger partial charge in [-0.2, -0.15) is 10.4 Å². The maximum absolute atomic E-state index is 8.34. The maximum atomic E-state index is 8.34. The maximum Gasteiger partial charge on any atom is 0.128 e. The third-order valence-corrected chi connectivity index (χ3v) is 1.20. The number of nitriles is 1. The van der Waals surface area contributed by atoms with E-state index in [-0.39, 0.29) is 6.54 Å². The Hall–Kier alpha value is -1.78. The standard InChI is InChI=1S/C8H8N4/c9-3-1-2-8-6-11-12(7-8)5-4-10/h6-7H,3,5,9H2. The van der Waals surface area contributed by atoms with E-state index in [4.69, 9.17) is 11.0 Å². The van der Waals surface area contributed by atoms with Gasteiger partial charge in [0.2, 0.25) is 0 Å². The van der Waals surface area contributed by atoms with Crippen molar-refractivity contribution >= 4 is 0 Å². The quantitative estimate of drug-likeness (QED) is 0.574. The molecule has 12 heavy (non-hydrogen) atoms. The molecule has 0 spiro atoms. The summed E-state index contributed by atoms with van der Waals surface area (Å²) in [6.07, 6.45) is 3.33. The number of nitrogens with two attached hydrogens (primary N) is 1. The molecule has 0 atom stereocenters. The summed E-state index contributed by atoms with van der Waals surface area (Å²) in [5.74, 6) is 5.52. The van der Waals surface area contributed by atoms with Crippen molar-refractivity contribution in [2.45, 2.75) is 6.54 Å². The van der Waals surface area contributed by atoms with Crippen LogP contribution in [0.5, 0.6) is 0 Å². The van der Waals surface area contributed by atoms with Gasteiger partial charge in [-0.05, 0) is 0 Å². The van der Waals surface area contributed by atoms with Gasteiger partial charge in [0.15, 0.2) is 0 Å². The van der Waals surface area contributed by atoms with E-state index in [1.807, 2.05) is 6.07 Å². The van der Waals surface area contributed by atoms with Crippen molar-refractivity contribution in [2.24, 2.45) is 5.73 Å². The largest absolute Gasteiger partial charge is 0.320 e. The van der Waals surface area contributed by atoms with E-state index < -0.39 is 0 Å². The molecule has 1 rings (SSSR count). The molecular weight excluding hydrogens is 152 g/mol. The van der Waals surface area contributed by atoms with Crippen LogP contribution in [0.2, 0.25) is 0 Å². The van der Waals surface area contributed by atoms with E-state index in [0.717, 1.165) is 5.56 Å². The zero-order chi connectivity index (χ0) is 8.81. The van der Waals surface area contributed by atoms with Crippen LogP contribution in [0.3, 0.4) is 0 Å². The predicted molar refractivity (Wildman–Crippen MR) is 43.8 cm³/mol. The van der Waals surface area contributed by atoms with Crippen LogP contribution in [0, 0.1) is 23.2 Å². The van der Waals surface area contributed by atoms with Crippen LogP contribution in [0.15, 0.2) is 12.4 Å². The Morgan fingerprint density at radius 3 is 3.17 bits per heavy atom. The van der Waals surface area contributed by atoms with Crippen molar-refractivity contribution in [3.63, 3.8) is 0 Å². The highest BCUT2D eigenvalue weighted by molar-refractivity contribution is 5.29. The number of nitrogens with zero attached hydrogens (tertiary/aromatic N) is 3. The first-order valence-corrected chi connectivity index (χ1v) is 3.45. The van der Waals surface area contributed by atoms with Crippen LogP contribution in [0.1, 0.15) is 5.56 Å². The second-order valence-corrected chi connectivity index (χ2v) is 2.09. The summed E-state index contributed by atoms with van der Waals surface area (Å²) in [4.78, 5) is 0. The lowest BCUT2D eigenvalue weighted by atomic mass is 10.4. The average molecular weight is 160 g/mol. The minimum Gasteiger partial charge on any atom is -0.320 e. The van der Waals surface area contributed by atoms with E-state index in [2.05, 4.69) is 16.9 Å². The van der Waals surface area contributed by atoms with Crippen LogP contribution in [-0.4, -0.2) is 16.3 Å². The van der Waals surface area contributed by atoms with Crippen LogP contribution in [0.25, 0.3) is 0 Å². The summed E-state index contributed by atoms with van der Waals surface area (Å²) in [6.45, 7) is 0.591. The van der Waals surface area contributed by atoms with Crippen molar-refractivity contribution in [1.82, 2.24) is 9.78 Å². The van der Waals surface area contributed by atoms with Gasteiger partial charge in [-0.15, -0.1) is 0 Å². The molecule has 4 heteroatoms. The molecule has 2 N–H and O–H groups in total. The normalized spacial score (nSPS) is 8.33. The summed E-state index contributed by atoms with van der Waals surface area (Å²) < 4.78 is 1.53. The van der Waals surface area contributed by atoms with Crippen LogP contribution >= 0.6 is 0 Å². The topological polar surface area (TPSA) is 67.6 Å². The summed E-state index contributed by atoms with van der Waals surface area (Å²) in [6, 6.07) is 1.98. The van der Waals surface area contributed by atoms with Gasteiger partial charge in [0.05, 0.1) is 24.4 Å². The van der Waals surface area contributed by atoms with Crippen molar-refractivity contribution in [2.75, 3.05) is 6.54 Å². The Bertz CT molecular complexity index is 347. The molecular formula is C8H8N4. The molecule has 0 saturated heterocycles. The highest BCUT2D eigenvalue weighted by atomic mass is 15.3. The Balaban J connectivity index is 2.72. The molecule has 0 amide bonds. The van der Waals surface area contributed by atoms with E-state index in [0.29, 0.717) is 6.54 Å². The van der Waals surface area contributed by atoms with Crippen molar-refractivity contribution in [3.05, 3.63) is 18.0 Å². The fourth-order valence-corrected chi connectivity index (χ4v) is 0.740. The molecule has 0 aliphatic rings. The van der Waals surface area contributed by atoms with Gasteiger partial charge in [-0.3, -0.25) is 4.68 Å². The molecule has 0 aliphatic carbocycles. The summed E-state index contributed by atoms with van der Waals surface area (Å²) in [7, 11) is 0. The minimum atomic E-state index is 0.254. The average Bonchev–Trinajstić information content (AvgIpc) is 2.50. The SMILES string of the molecule is N#CCn1cc(C#CCN)cn1. The molecule has 1 aromatic rings. The molecule has 0 aliphatic heterocycles. The van der Waals surface area contributed by atoms with E-state index in [1.165, 1.54) is 4.68 Å². The van der Waals surface area contributed by atoms with E-state index in [1.54, 1.807) is 12.4 Å². The first-order chi connectivity index (χ1) is 5.86. The first-order valence-electron chi connectivity index (χ1n) is 3.45. The predicted octanol–water partition coefficient (Wildman–Crippen LogP) is -0.283. The molecule has 0 aromatic carbocycles. The van der Waals surface area contributed by atoms with Gasteiger partial charge < -0.3 is 5.73 Å². The molecule has 0 bridgehead atoms. The molecule has 1 aromatic heterocycles. The van der Waals surface area contributed by atoms with Gasteiger partial charge in [-0.25, -0.2) is 0 Å². The molecule has 0 radical (unpaired) electrons. The van der Waals surface area contributed by atoms with E-state index >= 15 is 0 Å². The fourth-order valence-electron chi connectivity index (χ4n) is 0.740. The zero-order valence-corrected chi connectivity index (χ0v) is 6.49. The first kappa shape index (κ1) is 8.32. The Morgan fingerprint density at radius 2 is 2.50 bits per heavy atom. The number of rotatable bonds is 1. The monoisotopic (exact) mass is 160 g/mol. The minimum absolute atomic E-state index is 0.254. The van der Waals surface area contributed by atoms with Gasteiger partial charge in [-0.1, -0.05) is 11.8 Å². The molecule has 0 fully saturated rings. The van der Waals surface area contributed by atoms with Gasteiger partial charge in [0.1, 0.15) is 6.54 Å². The summed E-state index contributed by atoms with van der Waals surface area (Å²) in [5.41, 5.74) is 5.98. The number of hydrogen-bond donors (Lipinski definition) is 1. The Labute approximate surface area is 70.6 Å². The lowest BCUT2D eigenvalue weighted by Gasteiger charge is -1.86. The third-order valence-electron chi connectivity index (χ3n) is 1.20. The van der Waals surface area contributed by atoms with Crippen LogP contribution in [-0.2, 0) is 6.54 Å². The molecule has 1 heterocycles. The number of hydrogen-bond acceptors (Lipinski definition) is 3. The van der Waals surface area contributed by atoms with Crippen molar-refractivity contribution in [3.8, 4) is 17.9 Å². The van der Waals surface area contributed by atoms with E-state index in [9.17, 15) is 0 Å². The second kappa shape index (κ2) is 4.17. The zero-order valence-electron chi connectivity index (χ0n) is 6.49. The lowest BCUT2D eigenvalue weighted by molar-refractivity contribution is 0.710. The third kappa shape index (κ3) is 2.12. The highest BCUT2D eigenvalue weighted by Crippen LogP contribution is 1.93. The second-order valence-electron chi connectivity index (χ2n) is 2.09. The molecule has 4 nitrogen and oxygen atoms in total. The fraction of sp³-hybridized carbons (Fsp3) is 0.250. The Kier molecular flexibility index (Phi) is 2.89. The lowest BCUT2D eigenvalue weighted by Crippen LogP contribution is -1.94. The Morgan fingerprint density at radius 1 is 1.67 bits per heavy atom. The van der Waals surface area contributed by atoms with Gasteiger partial charge >= 0.3 is 0 Å². The summed E-state index contributed by atoms with van der Waals surface area (Å²) in [5, 5.41) is 12.2. The molecule has 0 unspecified atom stereocenters. The summed E-state index contributed by atoms with van der Waals surface area (Å²) >= 11 is 0. The van der Waals surface area contributed by atoms with Crippen LogP contribution in [0.4, 0.5) is 0 Å². The number of aromatic nitrogens is 2. The van der Waals surface area contributed by atoms with Gasteiger partial charge in [0.25, 0.3) is 0 Å². The highest BCUT2D eigenvalue weighted by Gasteiger charge is 1.92.